The fraction of sp³-hybridized carbons (Fsp3) is 0. The molecule has 0 saturated carbocycles. The van der Waals surface area contributed by atoms with E-state index in [2.05, 4.69) is 0 Å². The van der Waals surface area contributed by atoms with E-state index in [9.17, 15) is 18.7 Å². The molecule has 0 radical (unpaired) electrons. The summed E-state index contributed by atoms with van der Waals surface area (Å²) >= 11 is 0. The maximum absolute atomic E-state index is 13.4. The molecule has 0 aliphatic carbocycles. The lowest BCUT2D eigenvalue weighted by atomic mass is 10.1. The molecule has 0 aliphatic rings. The van der Waals surface area contributed by atoms with Crippen LogP contribution in [0.15, 0.2) is 48.5 Å². The van der Waals surface area contributed by atoms with Crippen molar-refractivity contribution in [3.8, 4) is 5.75 Å². The van der Waals surface area contributed by atoms with Gasteiger partial charge in [0, 0.05) is 6.07 Å². The molecule has 0 saturated heterocycles. The van der Waals surface area contributed by atoms with E-state index in [1.54, 1.807) is 12.1 Å². The fourth-order valence-electron chi connectivity index (χ4n) is 1.58. The van der Waals surface area contributed by atoms with E-state index < -0.39 is 17.4 Å². The number of hydrogen-bond donors (Lipinski definition) is 1. The van der Waals surface area contributed by atoms with Crippen molar-refractivity contribution in [2.24, 2.45) is 0 Å². The van der Waals surface area contributed by atoms with E-state index in [-0.39, 0.29) is 11.3 Å². The fourth-order valence-corrected chi connectivity index (χ4v) is 1.58. The van der Waals surface area contributed by atoms with Gasteiger partial charge >= 0.3 is 0 Å². The summed E-state index contributed by atoms with van der Waals surface area (Å²) in [5.74, 6) is -2.13. The van der Waals surface area contributed by atoms with E-state index >= 15 is 0 Å². The van der Waals surface area contributed by atoms with Gasteiger partial charge in [-0.05, 0) is 35.9 Å². The van der Waals surface area contributed by atoms with Crippen molar-refractivity contribution in [2.45, 2.75) is 0 Å². The quantitative estimate of drug-likeness (QED) is 0.676. The molecule has 0 heterocycles. The molecule has 0 unspecified atom stereocenters. The number of ketones is 1. The van der Waals surface area contributed by atoms with Gasteiger partial charge in [-0.15, -0.1) is 0 Å². The molecule has 0 aliphatic heterocycles. The van der Waals surface area contributed by atoms with Crippen molar-refractivity contribution in [1.29, 1.82) is 0 Å². The summed E-state index contributed by atoms with van der Waals surface area (Å²) in [6.07, 6.45) is 2.62. The molecular formula is C15H10F2O2. The Balaban J connectivity index is 2.21. The number of benzene rings is 2. The molecule has 0 amide bonds. The Bertz CT molecular complexity index is 648. The molecule has 19 heavy (non-hydrogen) atoms. The van der Waals surface area contributed by atoms with Crippen molar-refractivity contribution in [1.82, 2.24) is 0 Å². The Labute approximate surface area is 108 Å². The first-order chi connectivity index (χ1) is 9.06. The molecule has 96 valence electrons. The first-order valence-corrected chi connectivity index (χ1v) is 5.53. The molecule has 2 aromatic carbocycles. The van der Waals surface area contributed by atoms with E-state index in [0.29, 0.717) is 11.6 Å². The molecular weight excluding hydrogens is 250 g/mol. The average molecular weight is 260 g/mol. The van der Waals surface area contributed by atoms with Gasteiger partial charge in [0.1, 0.15) is 17.4 Å². The summed E-state index contributed by atoms with van der Waals surface area (Å²) in [7, 11) is 0. The highest BCUT2D eigenvalue weighted by Crippen LogP contribution is 2.14. The number of phenolic OH excluding ortho intramolecular Hbond substituents is 1. The number of phenols is 1. The lowest BCUT2D eigenvalue weighted by Crippen LogP contribution is -1.99. The van der Waals surface area contributed by atoms with Gasteiger partial charge in [0.05, 0.1) is 5.56 Å². The van der Waals surface area contributed by atoms with Crippen LogP contribution in [0, 0.1) is 11.6 Å². The zero-order valence-corrected chi connectivity index (χ0v) is 9.81. The minimum absolute atomic E-state index is 0.0718. The lowest BCUT2D eigenvalue weighted by molar-refractivity contribution is 0.104. The highest BCUT2D eigenvalue weighted by molar-refractivity contribution is 6.06. The third-order valence-electron chi connectivity index (χ3n) is 2.49. The molecule has 2 aromatic rings. The van der Waals surface area contributed by atoms with Gasteiger partial charge in [0.25, 0.3) is 0 Å². The topological polar surface area (TPSA) is 37.3 Å². The van der Waals surface area contributed by atoms with E-state index in [0.717, 1.165) is 12.1 Å². The van der Waals surface area contributed by atoms with E-state index in [1.807, 2.05) is 0 Å². The Morgan fingerprint density at radius 2 is 1.89 bits per heavy atom. The van der Waals surface area contributed by atoms with E-state index in [4.69, 9.17) is 0 Å². The van der Waals surface area contributed by atoms with Crippen LogP contribution >= 0.6 is 0 Å². The van der Waals surface area contributed by atoms with Crippen molar-refractivity contribution >= 4 is 11.9 Å². The molecule has 1 N–H and O–H groups in total. The minimum Gasteiger partial charge on any atom is -0.508 e. The van der Waals surface area contributed by atoms with Crippen LogP contribution in [-0.4, -0.2) is 10.9 Å². The first kappa shape index (κ1) is 13.0. The van der Waals surface area contributed by atoms with Crippen molar-refractivity contribution in [2.75, 3.05) is 0 Å². The molecule has 0 atom stereocenters. The number of hydrogen-bond acceptors (Lipinski definition) is 2. The lowest BCUT2D eigenvalue weighted by Gasteiger charge is -1.99. The van der Waals surface area contributed by atoms with Crippen LogP contribution in [0.1, 0.15) is 15.9 Å². The van der Waals surface area contributed by atoms with Gasteiger partial charge in [0.2, 0.25) is 0 Å². The van der Waals surface area contributed by atoms with Gasteiger partial charge < -0.3 is 5.11 Å². The van der Waals surface area contributed by atoms with Gasteiger partial charge in [-0.2, -0.15) is 0 Å². The van der Waals surface area contributed by atoms with Crippen LogP contribution < -0.4 is 0 Å². The minimum atomic E-state index is -0.898. The normalized spacial score (nSPS) is 10.8. The maximum atomic E-state index is 13.4. The number of halogens is 2. The third-order valence-corrected chi connectivity index (χ3v) is 2.49. The van der Waals surface area contributed by atoms with Crippen molar-refractivity contribution in [3.05, 3.63) is 71.3 Å². The number of rotatable bonds is 3. The summed E-state index contributed by atoms with van der Waals surface area (Å²) in [5, 5.41) is 9.25. The van der Waals surface area contributed by atoms with Crippen LogP contribution in [0.3, 0.4) is 0 Å². The monoisotopic (exact) mass is 260 g/mol. The zero-order valence-electron chi connectivity index (χ0n) is 9.81. The van der Waals surface area contributed by atoms with Crippen molar-refractivity contribution < 1.29 is 18.7 Å². The molecule has 0 fully saturated rings. The highest BCUT2D eigenvalue weighted by Gasteiger charge is 2.09. The third kappa shape index (κ3) is 3.25. The summed E-state index contributed by atoms with van der Waals surface area (Å²) in [6, 6.07) is 9.06. The number of carbonyl (C=O) groups excluding carboxylic acids is 1. The summed E-state index contributed by atoms with van der Waals surface area (Å²) in [4.78, 5) is 11.7. The van der Waals surface area contributed by atoms with Crippen LogP contribution in [0.5, 0.6) is 5.75 Å². The zero-order chi connectivity index (χ0) is 13.8. The largest absolute Gasteiger partial charge is 0.508 e. The van der Waals surface area contributed by atoms with Crippen molar-refractivity contribution in [3.63, 3.8) is 0 Å². The molecule has 0 spiro atoms. The van der Waals surface area contributed by atoms with Gasteiger partial charge in [0.15, 0.2) is 5.78 Å². The summed E-state index contributed by atoms with van der Waals surface area (Å²) < 4.78 is 26.1. The molecule has 0 bridgehead atoms. The smallest absolute Gasteiger partial charge is 0.188 e. The molecule has 2 nitrogen and oxygen atoms in total. The van der Waals surface area contributed by atoms with Gasteiger partial charge in [-0.1, -0.05) is 18.2 Å². The van der Waals surface area contributed by atoms with Crippen LogP contribution in [0.2, 0.25) is 0 Å². The SMILES string of the molecule is O=C(/C=C/c1cccc(O)c1)c1ccc(F)cc1F. The predicted molar refractivity (Wildman–Crippen MR) is 67.8 cm³/mol. The predicted octanol–water partition coefficient (Wildman–Crippen LogP) is 3.57. The van der Waals surface area contributed by atoms with Gasteiger partial charge in [-0.25, -0.2) is 8.78 Å². The van der Waals surface area contributed by atoms with Crippen LogP contribution in [-0.2, 0) is 0 Å². The maximum Gasteiger partial charge on any atom is 0.188 e. The molecule has 0 aromatic heterocycles. The Morgan fingerprint density at radius 3 is 2.58 bits per heavy atom. The highest BCUT2D eigenvalue weighted by atomic mass is 19.1. The summed E-state index contributed by atoms with van der Waals surface area (Å²) in [5.41, 5.74) is 0.411. The van der Waals surface area contributed by atoms with E-state index in [1.165, 1.54) is 24.3 Å². The number of allylic oxidation sites excluding steroid dienone is 1. The summed E-state index contributed by atoms with van der Waals surface area (Å²) in [6.45, 7) is 0. The molecule has 4 heteroatoms. The van der Waals surface area contributed by atoms with Crippen LogP contribution in [0.4, 0.5) is 8.78 Å². The Morgan fingerprint density at radius 1 is 1.11 bits per heavy atom. The molecule has 2 rings (SSSR count). The second-order valence-electron chi connectivity index (χ2n) is 3.92. The Hall–Kier alpha value is -2.49. The average Bonchev–Trinajstić information content (AvgIpc) is 2.36. The Kier molecular flexibility index (Phi) is 3.71. The number of carbonyl (C=O) groups is 1. The first-order valence-electron chi connectivity index (χ1n) is 5.53. The van der Waals surface area contributed by atoms with Crippen LogP contribution in [0.25, 0.3) is 6.08 Å². The standard InChI is InChI=1S/C15H10F2O2/c16-11-5-6-13(14(17)9-11)15(19)7-4-10-2-1-3-12(18)8-10/h1-9,18H/b7-4+. The number of aromatic hydroxyl groups is 1. The van der Waals surface area contributed by atoms with Gasteiger partial charge in [-0.3, -0.25) is 4.79 Å². The second kappa shape index (κ2) is 5.44. The second-order valence-corrected chi connectivity index (χ2v) is 3.92.